The number of pyridine rings is 1. The largest absolute Gasteiger partial charge is 0.331 e. The Kier molecular flexibility index (Phi) is 5.55. The number of para-hydroxylation sites is 3. The van der Waals surface area contributed by atoms with Crippen LogP contribution in [0.3, 0.4) is 0 Å². The molecule has 2 heterocycles. The van der Waals surface area contributed by atoms with Crippen molar-refractivity contribution in [3.63, 3.8) is 0 Å². The van der Waals surface area contributed by atoms with Crippen molar-refractivity contribution in [2.75, 3.05) is 0 Å². The molecule has 0 spiro atoms. The zero-order valence-corrected chi connectivity index (χ0v) is 19.0. The summed E-state index contributed by atoms with van der Waals surface area (Å²) >= 11 is 0. The van der Waals surface area contributed by atoms with Crippen molar-refractivity contribution in [3.8, 4) is 5.69 Å². The number of nitrogens with one attached hydrogen (secondary N) is 1. The molecule has 168 valence electrons. The molecule has 0 saturated heterocycles. The van der Waals surface area contributed by atoms with E-state index in [1.54, 1.807) is 18.3 Å². The van der Waals surface area contributed by atoms with Gasteiger partial charge in [0, 0.05) is 33.4 Å². The number of hydrogen-bond acceptors (Lipinski definition) is 3. The normalized spacial score (nSPS) is 11.5. The number of carbonyl (C=O) groups is 1. The molecule has 34 heavy (non-hydrogen) atoms. The molecule has 0 radical (unpaired) electrons. The number of carbonyl (C=O) groups excluding carboxylic acids is 1. The van der Waals surface area contributed by atoms with E-state index in [1.165, 1.54) is 0 Å². The first kappa shape index (κ1) is 21.4. The van der Waals surface area contributed by atoms with Gasteiger partial charge in [0.15, 0.2) is 5.43 Å². The van der Waals surface area contributed by atoms with Crippen molar-refractivity contribution in [2.45, 2.75) is 20.4 Å². The average molecular weight is 449 g/mol. The van der Waals surface area contributed by atoms with Crippen molar-refractivity contribution in [3.05, 3.63) is 112 Å². The Morgan fingerprint density at radius 3 is 2.12 bits per heavy atom. The van der Waals surface area contributed by atoms with Gasteiger partial charge in [0.1, 0.15) is 6.54 Å². The number of hydrazone groups is 1. The topological polar surface area (TPSA) is 68.4 Å². The zero-order chi connectivity index (χ0) is 23.7. The van der Waals surface area contributed by atoms with E-state index in [4.69, 9.17) is 0 Å². The van der Waals surface area contributed by atoms with Crippen LogP contribution in [0.2, 0.25) is 0 Å². The van der Waals surface area contributed by atoms with Crippen molar-refractivity contribution in [1.29, 1.82) is 0 Å². The summed E-state index contributed by atoms with van der Waals surface area (Å²) in [5.74, 6) is -0.271. The maximum atomic E-state index is 12.9. The molecule has 0 aliphatic rings. The first-order valence-corrected chi connectivity index (χ1v) is 11.1. The van der Waals surface area contributed by atoms with Gasteiger partial charge >= 0.3 is 0 Å². The number of hydrogen-bond donors (Lipinski definition) is 1. The summed E-state index contributed by atoms with van der Waals surface area (Å²) in [5, 5.41) is 5.39. The third kappa shape index (κ3) is 3.79. The Labute approximate surface area is 196 Å². The standard InChI is InChI=1S/C28H24N4O2/c1-19-16-21(20(2)32(19)22-10-4-3-5-11-22)17-29-30-27(33)18-31-25-14-8-6-12-23(25)28(34)24-13-7-9-15-26(24)31/h3-17H,18H2,1-2H3,(H,30,33)/b29-17-. The first-order chi connectivity index (χ1) is 16.5. The fourth-order valence-corrected chi connectivity index (χ4v) is 4.49. The molecule has 0 aliphatic carbocycles. The Hall–Kier alpha value is -4.45. The molecule has 5 rings (SSSR count). The maximum Gasteiger partial charge on any atom is 0.260 e. The minimum absolute atomic E-state index is 0.0327. The first-order valence-electron chi connectivity index (χ1n) is 11.1. The maximum absolute atomic E-state index is 12.9. The van der Waals surface area contributed by atoms with E-state index in [9.17, 15) is 9.59 Å². The van der Waals surface area contributed by atoms with Gasteiger partial charge in [-0.3, -0.25) is 9.59 Å². The van der Waals surface area contributed by atoms with Gasteiger partial charge in [-0.2, -0.15) is 5.10 Å². The molecular formula is C28H24N4O2. The van der Waals surface area contributed by atoms with Gasteiger partial charge in [-0.15, -0.1) is 0 Å². The lowest BCUT2D eigenvalue weighted by Gasteiger charge is -2.14. The molecule has 2 aromatic heterocycles. The van der Waals surface area contributed by atoms with E-state index in [1.807, 2.05) is 79.1 Å². The van der Waals surface area contributed by atoms with Crippen LogP contribution < -0.4 is 10.9 Å². The molecule has 6 nitrogen and oxygen atoms in total. The SMILES string of the molecule is Cc1cc(/C=N\NC(=O)Cn2c3ccccc3c(=O)c3ccccc32)c(C)n1-c1ccccc1. The second-order valence-electron chi connectivity index (χ2n) is 8.24. The molecule has 3 aromatic carbocycles. The Bertz CT molecular complexity index is 1550. The second-order valence-corrected chi connectivity index (χ2v) is 8.24. The molecule has 5 aromatic rings. The highest BCUT2D eigenvalue weighted by Crippen LogP contribution is 2.20. The lowest BCUT2D eigenvalue weighted by molar-refractivity contribution is -0.121. The van der Waals surface area contributed by atoms with Crippen LogP contribution in [0.15, 0.2) is 94.8 Å². The second kappa shape index (κ2) is 8.83. The van der Waals surface area contributed by atoms with E-state index in [0.717, 1.165) is 33.7 Å². The van der Waals surface area contributed by atoms with Crippen LogP contribution in [0.5, 0.6) is 0 Å². The molecule has 0 saturated carbocycles. The molecule has 0 atom stereocenters. The van der Waals surface area contributed by atoms with Crippen LogP contribution in [-0.4, -0.2) is 21.3 Å². The Morgan fingerprint density at radius 1 is 0.882 bits per heavy atom. The lowest BCUT2D eigenvalue weighted by Crippen LogP contribution is -2.25. The third-order valence-electron chi connectivity index (χ3n) is 6.06. The smallest absolute Gasteiger partial charge is 0.260 e. The number of aryl methyl sites for hydroxylation is 1. The summed E-state index contributed by atoms with van der Waals surface area (Å²) in [6.07, 6.45) is 1.67. The van der Waals surface area contributed by atoms with Crippen LogP contribution in [-0.2, 0) is 11.3 Å². The number of nitrogens with zero attached hydrogens (tertiary/aromatic N) is 3. The highest BCUT2D eigenvalue weighted by Gasteiger charge is 2.13. The number of rotatable bonds is 5. The van der Waals surface area contributed by atoms with Crippen molar-refractivity contribution < 1.29 is 4.79 Å². The highest BCUT2D eigenvalue weighted by molar-refractivity contribution is 5.95. The van der Waals surface area contributed by atoms with Crippen molar-refractivity contribution in [2.24, 2.45) is 5.10 Å². The lowest BCUT2D eigenvalue weighted by atomic mass is 10.1. The Balaban J connectivity index is 1.41. The number of aromatic nitrogens is 2. The van der Waals surface area contributed by atoms with E-state index in [0.29, 0.717) is 10.8 Å². The van der Waals surface area contributed by atoms with Gasteiger partial charge in [0.2, 0.25) is 0 Å². The fraction of sp³-hybridized carbons (Fsp3) is 0.107. The van der Waals surface area contributed by atoms with E-state index in [-0.39, 0.29) is 17.9 Å². The van der Waals surface area contributed by atoms with Gasteiger partial charge in [0.25, 0.3) is 5.91 Å². The minimum atomic E-state index is -0.271. The average Bonchev–Trinajstić information content (AvgIpc) is 3.15. The minimum Gasteiger partial charge on any atom is -0.331 e. The van der Waals surface area contributed by atoms with Gasteiger partial charge in [-0.1, -0.05) is 42.5 Å². The fourth-order valence-electron chi connectivity index (χ4n) is 4.49. The van der Waals surface area contributed by atoms with Crippen molar-refractivity contribution in [1.82, 2.24) is 14.6 Å². The van der Waals surface area contributed by atoms with E-state index < -0.39 is 0 Å². The van der Waals surface area contributed by atoms with Crippen LogP contribution >= 0.6 is 0 Å². The summed E-state index contributed by atoms with van der Waals surface area (Å²) in [6, 6.07) is 26.9. The summed E-state index contributed by atoms with van der Waals surface area (Å²) in [7, 11) is 0. The predicted octanol–water partition coefficient (Wildman–Crippen LogP) is 4.71. The van der Waals surface area contributed by atoms with Crippen LogP contribution in [0.25, 0.3) is 27.5 Å². The molecule has 1 N–H and O–H groups in total. The van der Waals surface area contributed by atoms with E-state index >= 15 is 0 Å². The summed E-state index contributed by atoms with van der Waals surface area (Å²) in [6.45, 7) is 4.12. The molecular weight excluding hydrogens is 424 g/mol. The summed E-state index contributed by atoms with van der Waals surface area (Å²) in [4.78, 5) is 25.7. The molecule has 0 aliphatic heterocycles. The van der Waals surface area contributed by atoms with Crippen LogP contribution in [0.4, 0.5) is 0 Å². The monoisotopic (exact) mass is 448 g/mol. The zero-order valence-electron chi connectivity index (χ0n) is 19.0. The molecule has 0 fully saturated rings. The molecule has 0 unspecified atom stereocenters. The third-order valence-corrected chi connectivity index (χ3v) is 6.06. The van der Waals surface area contributed by atoms with Crippen LogP contribution in [0.1, 0.15) is 17.0 Å². The number of benzene rings is 3. The number of fused-ring (bicyclic) bond motifs is 2. The van der Waals surface area contributed by atoms with Gasteiger partial charge < -0.3 is 9.13 Å². The van der Waals surface area contributed by atoms with Crippen molar-refractivity contribution >= 4 is 33.9 Å². The summed E-state index contributed by atoms with van der Waals surface area (Å²) in [5.41, 5.74) is 8.19. The van der Waals surface area contributed by atoms with Gasteiger partial charge in [-0.05, 0) is 56.3 Å². The van der Waals surface area contributed by atoms with E-state index in [2.05, 4.69) is 27.2 Å². The summed E-state index contributed by atoms with van der Waals surface area (Å²) < 4.78 is 4.01. The quantitative estimate of drug-likeness (QED) is 0.240. The Morgan fingerprint density at radius 2 is 1.47 bits per heavy atom. The number of amides is 1. The van der Waals surface area contributed by atoms with Gasteiger partial charge in [0.05, 0.1) is 17.2 Å². The molecule has 1 amide bonds. The predicted molar refractivity (Wildman–Crippen MR) is 137 cm³/mol. The molecule has 0 bridgehead atoms. The van der Waals surface area contributed by atoms with Gasteiger partial charge in [-0.25, -0.2) is 5.43 Å². The highest BCUT2D eigenvalue weighted by atomic mass is 16.2. The van der Waals surface area contributed by atoms with Crippen LogP contribution in [0, 0.1) is 13.8 Å². The molecule has 6 heteroatoms.